The van der Waals surface area contributed by atoms with E-state index in [0.717, 1.165) is 19.3 Å². The van der Waals surface area contributed by atoms with E-state index in [-0.39, 0.29) is 44.8 Å². The minimum absolute atomic E-state index is 0.0530. The van der Waals surface area contributed by atoms with Crippen molar-refractivity contribution in [3.05, 3.63) is 47.3 Å². The maximum atomic E-state index is 14.6. The number of nitrogens with two attached hydrogens (primary N) is 1. The van der Waals surface area contributed by atoms with Crippen LogP contribution in [0.4, 0.5) is 9.18 Å². The van der Waals surface area contributed by atoms with Crippen molar-refractivity contribution in [2.24, 2.45) is 11.7 Å². The van der Waals surface area contributed by atoms with Gasteiger partial charge in [-0.05, 0) is 62.1 Å². The number of nitrogens with one attached hydrogen (secondary N) is 2. The van der Waals surface area contributed by atoms with Crippen LogP contribution in [0.15, 0.2) is 30.4 Å². The summed E-state index contributed by atoms with van der Waals surface area (Å²) in [6.45, 7) is 0.196. The molecule has 0 spiro atoms. The number of carbonyl (C=O) groups is 4. The number of sulfonamides is 1. The number of methoxy groups -OCH3 is 1. The summed E-state index contributed by atoms with van der Waals surface area (Å²) in [5.74, 6) is -2.70. The van der Waals surface area contributed by atoms with Crippen LogP contribution in [-0.2, 0) is 40.3 Å². The fourth-order valence-electron chi connectivity index (χ4n) is 7.22. The van der Waals surface area contributed by atoms with Crippen molar-refractivity contribution >= 4 is 33.8 Å². The molecular formula is C33H44FN5O8S. The van der Waals surface area contributed by atoms with Gasteiger partial charge in [-0.15, -0.1) is 0 Å². The molecule has 2 saturated carbocycles. The lowest BCUT2D eigenvalue weighted by Gasteiger charge is -2.36. The highest BCUT2D eigenvalue weighted by molar-refractivity contribution is 7.91. The second-order valence-corrected chi connectivity index (χ2v) is 15.6. The van der Waals surface area contributed by atoms with Crippen molar-refractivity contribution in [1.82, 2.24) is 19.8 Å². The second kappa shape index (κ2) is 13.7. The maximum Gasteiger partial charge on any atom is 0.410 e. The van der Waals surface area contributed by atoms with Crippen LogP contribution in [0.1, 0.15) is 75.0 Å². The smallest absolute Gasteiger partial charge is 0.410 e. The van der Waals surface area contributed by atoms with Gasteiger partial charge in [-0.2, -0.15) is 0 Å². The quantitative estimate of drug-likeness (QED) is 0.376. The molecule has 1 saturated heterocycles. The van der Waals surface area contributed by atoms with Crippen LogP contribution in [-0.4, -0.2) is 97.8 Å². The number of amides is 4. The van der Waals surface area contributed by atoms with Gasteiger partial charge in [0.15, 0.2) is 0 Å². The van der Waals surface area contributed by atoms with Crippen molar-refractivity contribution in [3.63, 3.8) is 0 Å². The van der Waals surface area contributed by atoms with Crippen molar-refractivity contribution < 1.29 is 41.5 Å². The predicted molar refractivity (Wildman–Crippen MR) is 171 cm³/mol. The lowest BCUT2D eigenvalue weighted by Crippen LogP contribution is -2.57. The van der Waals surface area contributed by atoms with Crippen LogP contribution >= 0.6 is 0 Å². The number of carbonyl (C=O) groups excluding carboxylic acids is 4. The summed E-state index contributed by atoms with van der Waals surface area (Å²) in [6.07, 6.45) is 7.10. The van der Waals surface area contributed by atoms with Gasteiger partial charge < -0.3 is 25.4 Å². The second-order valence-electron chi connectivity index (χ2n) is 13.6. The molecule has 2 aliphatic carbocycles. The fraction of sp³-hybridized carbons (Fsp3) is 0.636. The average Bonchev–Trinajstić information content (AvgIpc) is 3.97. The third-order valence-electron chi connectivity index (χ3n) is 10.2. The van der Waals surface area contributed by atoms with Gasteiger partial charge in [-0.1, -0.05) is 37.1 Å². The summed E-state index contributed by atoms with van der Waals surface area (Å²) in [4.78, 5) is 57.5. The molecule has 262 valence electrons. The molecule has 5 aliphatic rings. The number of hydrogen-bond acceptors (Lipinski definition) is 9. The number of rotatable bonds is 6. The molecule has 0 aromatic heterocycles. The first kappa shape index (κ1) is 34.3. The van der Waals surface area contributed by atoms with Crippen molar-refractivity contribution in [2.45, 2.75) is 99.2 Å². The molecule has 3 heterocycles. The Labute approximate surface area is 279 Å². The van der Waals surface area contributed by atoms with E-state index in [4.69, 9.17) is 15.2 Å². The predicted octanol–water partition coefficient (Wildman–Crippen LogP) is 1.81. The Morgan fingerprint density at radius 2 is 1.96 bits per heavy atom. The van der Waals surface area contributed by atoms with Gasteiger partial charge >= 0.3 is 6.09 Å². The third-order valence-corrected chi connectivity index (χ3v) is 12.0. The summed E-state index contributed by atoms with van der Waals surface area (Å²) < 4.78 is 53.4. The number of hydrogen-bond donors (Lipinski definition) is 3. The molecule has 48 heavy (non-hydrogen) atoms. The van der Waals surface area contributed by atoms with E-state index >= 15 is 0 Å². The normalized spacial score (nSPS) is 31.7. The van der Waals surface area contributed by atoms with Gasteiger partial charge in [0.2, 0.25) is 21.8 Å². The minimum atomic E-state index is -3.87. The van der Waals surface area contributed by atoms with E-state index in [0.29, 0.717) is 36.8 Å². The van der Waals surface area contributed by atoms with Gasteiger partial charge in [0.1, 0.15) is 23.5 Å². The van der Waals surface area contributed by atoms with Crippen LogP contribution in [0, 0.1) is 11.7 Å². The molecule has 3 aliphatic heterocycles. The number of benzene rings is 1. The zero-order valence-corrected chi connectivity index (χ0v) is 27.9. The molecule has 4 amide bonds. The molecule has 1 aromatic carbocycles. The molecule has 1 aromatic rings. The number of fused-ring (bicyclic) bond motifs is 3. The van der Waals surface area contributed by atoms with Gasteiger partial charge in [0, 0.05) is 26.0 Å². The number of nitrogens with zero attached hydrogens (tertiary/aromatic N) is 2. The molecule has 4 N–H and O–H groups in total. The maximum absolute atomic E-state index is 14.6. The largest absolute Gasteiger partial charge is 0.444 e. The average molecular weight is 690 g/mol. The van der Waals surface area contributed by atoms with E-state index in [1.165, 1.54) is 23.0 Å². The summed E-state index contributed by atoms with van der Waals surface area (Å²) in [6, 6.07) is 2.10. The molecule has 15 heteroatoms. The molecule has 2 unspecified atom stereocenters. The zero-order chi connectivity index (χ0) is 34.2. The molecule has 6 atom stereocenters. The fourth-order valence-corrected chi connectivity index (χ4v) is 8.58. The van der Waals surface area contributed by atoms with Crippen LogP contribution in [0.2, 0.25) is 0 Å². The van der Waals surface area contributed by atoms with Gasteiger partial charge in [-0.25, -0.2) is 17.6 Å². The molecule has 6 rings (SSSR count). The first-order chi connectivity index (χ1) is 22.9. The number of halogens is 1. The standard InChI is InChI=1S/C33H44FN5O8S/c1-46-19-28-24-9-7-10-25(34)23(24)14-15-38(28)32(43)47-21-16-27-29(40)36-33(31(42)37-48(44,45)22-12-13-22)17-20(33)8-5-3-2-4-6-11-26(35)30(41)39(27)18-21/h5,7-10,20-22,26-28H,2-4,6,11-19,35H2,1H3,(H,36,40)(H,37,42)/b8-5-/t20-,21-,26+,27?,28?,33-/m1/s1. The Morgan fingerprint density at radius 3 is 2.71 bits per heavy atom. The number of allylic oxidation sites excluding steroid dienone is 1. The van der Waals surface area contributed by atoms with E-state index in [1.807, 2.05) is 12.2 Å². The summed E-state index contributed by atoms with van der Waals surface area (Å²) in [7, 11) is -2.39. The molecule has 3 fully saturated rings. The Bertz CT molecular complexity index is 1590. The SMILES string of the molecule is COCC1c2cccc(F)c2CCN1C(=O)O[C@@H]1CC2C(=O)N[C@]3(C(=O)NS(=O)(=O)C4CC4)C[C@H]3/C=C\CCCCC[C@H](N)C(=O)N2C1. The Morgan fingerprint density at radius 1 is 1.17 bits per heavy atom. The van der Waals surface area contributed by atoms with E-state index in [2.05, 4.69) is 10.0 Å². The molecular weight excluding hydrogens is 645 g/mol. The number of ether oxygens (including phenoxy) is 2. The lowest BCUT2D eigenvalue weighted by molar-refractivity contribution is -0.140. The van der Waals surface area contributed by atoms with Crippen LogP contribution in [0.25, 0.3) is 0 Å². The Balaban J connectivity index is 1.22. The van der Waals surface area contributed by atoms with Gasteiger partial charge in [0.05, 0.1) is 30.5 Å². The monoisotopic (exact) mass is 689 g/mol. The first-order valence-corrected chi connectivity index (χ1v) is 18.3. The summed E-state index contributed by atoms with van der Waals surface area (Å²) >= 11 is 0. The highest BCUT2D eigenvalue weighted by Crippen LogP contribution is 2.46. The Hall–Kier alpha value is -3.56. The summed E-state index contributed by atoms with van der Waals surface area (Å²) in [5, 5.41) is 2.17. The highest BCUT2D eigenvalue weighted by atomic mass is 32.2. The first-order valence-electron chi connectivity index (χ1n) is 16.8. The molecule has 0 bridgehead atoms. The van der Waals surface area contributed by atoms with E-state index in [1.54, 1.807) is 12.1 Å². The van der Waals surface area contributed by atoms with Crippen LogP contribution in [0.3, 0.4) is 0 Å². The van der Waals surface area contributed by atoms with Crippen molar-refractivity contribution in [2.75, 3.05) is 26.8 Å². The van der Waals surface area contributed by atoms with Gasteiger partial charge in [-0.3, -0.25) is 24.0 Å². The van der Waals surface area contributed by atoms with Crippen LogP contribution in [0.5, 0.6) is 0 Å². The van der Waals surface area contributed by atoms with Crippen LogP contribution < -0.4 is 15.8 Å². The van der Waals surface area contributed by atoms with Crippen molar-refractivity contribution in [1.29, 1.82) is 0 Å². The zero-order valence-electron chi connectivity index (χ0n) is 27.1. The Kier molecular flexibility index (Phi) is 9.83. The van der Waals surface area contributed by atoms with Crippen molar-refractivity contribution in [3.8, 4) is 0 Å². The molecule has 13 nitrogen and oxygen atoms in total. The minimum Gasteiger partial charge on any atom is -0.444 e. The highest BCUT2D eigenvalue weighted by Gasteiger charge is 2.62. The summed E-state index contributed by atoms with van der Waals surface area (Å²) in [5.41, 5.74) is 5.96. The van der Waals surface area contributed by atoms with E-state index < -0.39 is 74.8 Å². The third kappa shape index (κ3) is 6.95. The lowest BCUT2D eigenvalue weighted by atomic mass is 9.93. The van der Waals surface area contributed by atoms with Gasteiger partial charge in [0.25, 0.3) is 5.91 Å². The van der Waals surface area contributed by atoms with E-state index in [9.17, 15) is 32.0 Å². The topological polar surface area (TPSA) is 177 Å². The molecule has 0 radical (unpaired) electrons.